The largest absolute Gasteiger partial charge is 1.00 e. The van der Waals surface area contributed by atoms with Gasteiger partial charge in [-0.15, -0.1) is 61.9 Å². The average molecular weight is 1690 g/mol. The molecule has 9 heterocycles. The molecule has 0 aliphatic heterocycles. The van der Waals surface area contributed by atoms with E-state index >= 15 is 0 Å². The summed E-state index contributed by atoms with van der Waals surface area (Å²) >= 11 is 11.1. The molecule has 0 spiro atoms. The van der Waals surface area contributed by atoms with Crippen molar-refractivity contribution in [2.24, 2.45) is 0 Å². The minimum atomic E-state index is -0.750. The second kappa shape index (κ2) is 29.4. The summed E-state index contributed by atoms with van der Waals surface area (Å²) < 4.78 is 11.4. The number of halogens is 3. The Hall–Kier alpha value is -6.13. The molecule has 16 nitrogen and oxygen atoms in total. The van der Waals surface area contributed by atoms with Crippen LogP contribution in [0.4, 0.5) is 0 Å². The van der Waals surface area contributed by atoms with Gasteiger partial charge in [0.05, 0.1) is 5.34 Å². The number of nitrogens with one attached hydrogen (secondary N) is 4. The molecule has 15 aromatic rings. The molecule has 0 saturated carbocycles. The smallest absolute Gasteiger partial charge is 0.668 e. The zero-order valence-corrected chi connectivity index (χ0v) is 55.0. The van der Waals surface area contributed by atoms with E-state index in [1.54, 1.807) is 51.9 Å². The van der Waals surface area contributed by atoms with Gasteiger partial charge in [-0.05, 0) is 43.7 Å². The van der Waals surface area contributed by atoms with E-state index in [4.69, 9.17) is 38.2 Å². The summed E-state index contributed by atoms with van der Waals surface area (Å²) in [6, 6.07) is 37.1. The van der Waals surface area contributed by atoms with Crippen molar-refractivity contribution < 1.29 is 116 Å². The first-order valence-corrected chi connectivity index (χ1v) is 28.1. The Kier molecular flexibility index (Phi) is 22.8. The molecule has 0 unspecified atom stereocenters. The third-order valence-corrected chi connectivity index (χ3v) is 12.1. The van der Waals surface area contributed by atoms with Gasteiger partial charge in [0.25, 0.3) is 0 Å². The molecule has 6 aromatic carbocycles. The molecular formula is C59H45Cl3N15NaOPt3-5. The summed E-state index contributed by atoms with van der Waals surface area (Å²) in [6.45, 7) is 4.90. The van der Waals surface area contributed by atoms with Gasteiger partial charge in [-0.2, -0.15) is 0 Å². The first-order chi connectivity index (χ1) is 38.7. The van der Waals surface area contributed by atoms with Crippen molar-refractivity contribution in [1.29, 1.82) is 0 Å². The van der Waals surface area contributed by atoms with Crippen molar-refractivity contribution in [2.75, 3.05) is 5.34 Å². The number of hydrogen-bond acceptors (Lipinski definition) is 3. The molecule has 0 aliphatic rings. The van der Waals surface area contributed by atoms with E-state index < -0.39 is 5.60 Å². The minimum absolute atomic E-state index is 0. The van der Waals surface area contributed by atoms with E-state index in [2.05, 4.69) is 126 Å². The number of aromatic amines is 4. The van der Waals surface area contributed by atoms with Crippen LogP contribution in [0, 0.1) is 38.0 Å². The molecule has 9 aromatic heterocycles. The van der Waals surface area contributed by atoms with Crippen molar-refractivity contribution in [3.05, 3.63) is 222 Å². The van der Waals surface area contributed by atoms with Gasteiger partial charge in [0, 0.05) is 127 Å². The minimum Gasteiger partial charge on any atom is -0.668 e. The second-order valence-corrected chi connectivity index (χ2v) is 19.0. The van der Waals surface area contributed by atoms with Gasteiger partial charge in [0.2, 0.25) is 25.3 Å². The third kappa shape index (κ3) is 13.9. The van der Waals surface area contributed by atoms with Gasteiger partial charge in [-0.25, -0.2) is 0 Å². The van der Waals surface area contributed by atoms with Crippen LogP contribution in [-0.2, 0) is 60.9 Å². The molecule has 0 radical (unpaired) electrons. The van der Waals surface area contributed by atoms with Crippen LogP contribution in [0.5, 0.6) is 0 Å². The molecular weight excluding hydrogens is 1650 g/mol. The third-order valence-electron chi connectivity index (χ3n) is 12.1. The molecule has 0 aliphatic carbocycles. The topological polar surface area (TPSA) is 177 Å². The van der Waals surface area contributed by atoms with Crippen LogP contribution < -0.4 is 69.6 Å². The average Bonchev–Trinajstić information content (AvgIpc) is 4.36. The van der Waals surface area contributed by atoms with Gasteiger partial charge in [-0.3, -0.25) is 0 Å². The fraction of sp³-hybridized carbons (Fsp3) is 0.0847. The first kappa shape index (κ1) is 63.5. The molecule has 0 fully saturated rings. The van der Waals surface area contributed by atoms with Crippen molar-refractivity contribution in [3.8, 4) is 34.1 Å². The first-order valence-electron chi connectivity index (χ1n) is 24.3. The zero-order chi connectivity index (χ0) is 54.9. The van der Waals surface area contributed by atoms with E-state index in [0.717, 1.165) is 99.5 Å². The van der Waals surface area contributed by atoms with Crippen molar-refractivity contribution in [2.45, 2.75) is 26.4 Å². The van der Waals surface area contributed by atoms with Gasteiger partial charge in [0.15, 0.2) is 0 Å². The summed E-state index contributed by atoms with van der Waals surface area (Å²) in [5.74, 6) is 0. The van der Waals surface area contributed by atoms with E-state index in [9.17, 15) is 5.11 Å². The van der Waals surface area contributed by atoms with Crippen LogP contribution in [0.25, 0.3) is 99.5 Å². The van der Waals surface area contributed by atoms with E-state index in [0.29, 0.717) is 0 Å². The molecule has 0 bridgehead atoms. The monoisotopic (exact) mass is 1690 g/mol. The number of hydrogen-bond donors (Lipinski definition) is 0. The summed E-state index contributed by atoms with van der Waals surface area (Å²) in [5.41, 5.74) is 10.9. The molecule has 0 saturated heterocycles. The maximum absolute atomic E-state index is 10.1. The van der Waals surface area contributed by atoms with E-state index in [1.807, 2.05) is 150 Å². The van der Waals surface area contributed by atoms with Crippen LogP contribution in [0.2, 0.25) is 0 Å². The van der Waals surface area contributed by atoms with Crippen LogP contribution in [0.3, 0.4) is 0 Å². The molecule has 82 heavy (non-hydrogen) atoms. The number of rotatable bonds is 6. The number of benzene rings is 6. The fourth-order valence-electron chi connectivity index (χ4n) is 9.01. The van der Waals surface area contributed by atoms with Crippen LogP contribution in [0.1, 0.15) is 20.8 Å². The van der Waals surface area contributed by atoms with Gasteiger partial charge >= 0.3 is 57.7 Å². The number of fused-ring (bicyclic) bond motifs is 9. The maximum atomic E-state index is 10.1. The standard InChI is InChI=1S/C18H12N5.2C18H11N5.C4H9O.CH2Cl2.ClH.Na.3Pt/c3*1-3-13-14-4-2-6-16(23-10-8-20-12-23)18(14)21-17(13)15(5-1)22-9-7-19-11-22;1-4(2,3)5;2-1-3;;;;;/h1-10,19-20H;2*1-10,19H;1-3H3;1H2;1H;;;;/q-1;2*-2;-1;;;+1;;;+1/p-1. The SMILES string of the molecule is CC(C)(C)[O-].ClCCl.[Cl][Pt].[Na+].[Pt].[Pt].[c-]1[nH+]ccn1-c1cccc2c1[n-]c1c(-n3[c-][nH+]cc3)cccc12.[c-]1nccn1-c1cccc2c1[n-]c1c(-n3[c-][nH+]cc3)cccc12.[c-]1nccn1-c1cccc2c1[n-]c1c(-n3[c-][nH+]cc3)cccc12. The molecule has 4 N–H and O–H groups in total. The number of alkyl halides is 2. The predicted molar refractivity (Wildman–Crippen MR) is 297 cm³/mol. The Morgan fingerprint density at radius 3 is 0.805 bits per heavy atom. The molecule has 15 rings (SSSR count). The molecule has 0 amide bonds. The van der Waals surface area contributed by atoms with Crippen molar-refractivity contribution in [3.63, 3.8) is 0 Å². The normalized spacial score (nSPS) is 10.7. The molecule has 0 atom stereocenters. The van der Waals surface area contributed by atoms with Crippen LogP contribution in [-0.4, -0.2) is 48.3 Å². The number of aromatic nitrogens is 15. The van der Waals surface area contributed by atoms with Crippen LogP contribution >= 0.6 is 32.6 Å². The Bertz CT molecular complexity index is 3640. The zero-order valence-electron chi connectivity index (χ0n) is 43.9. The maximum Gasteiger partial charge on any atom is 1.00 e. The predicted octanol–water partition coefficient (Wildman–Crippen LogP) is 5.70. The van der Waals surface area contributed by atoms with Crippen molar-refractivity contribution in [1.82, 2.24) is 52.3 Å². The van der Waals surface area contributed by atoms with Gasteiger partial charge in [-0.1, -0.05) is 155 Å². The molecule has 23 heteroatoms. The Morgan fingerprint density at radius 2 is 0.634 bits per heavy atom. The summed E-state index contributed by atoms with van der Waals surface area (Å²) in [6.07, 6.45) is 40.4. The number of para-hydroxylation sites is 6. The van der Waals surface area contributed by atoms with Gasteiger partial charge < -0.3 is 77.4 Å². The Labute approximate surface area is 547 Å². The fourth-order valence-corrected chi connectivity index (χ4v) is 9.01. The quantitative estimate of drug-likeness (QED) is 0.117. The Morgan fingerprint density at radius 1 is 0.427 bits per heavy atom. The molecule has 419 valence electrons. The summed E-state index contributed by atoms with van der Waals surface area (Å²) in [7, 11) is 4.61. The number of H-pyrrole nitrogens is 4. The number of imidazole rings is 6. The number of nitrogens with zero attached hydrogens (tertiary/aromatic N) is 11. The summed E-state index contributed by atoms with van der Waals surface area (Å²) in [5, 5.41) is 17.1. The summed E-state index contributed by atoms with van der Waals surface area (Å²) in [4.78, 5) is 34.6. The van der Waals surface area contributed by atoms with Gasteiger partial charge in [0.1, 0.15) is 0 Å². The van der Waals surface area contributed by atoms with E-state index in [1.165, 1.54) is 0 Å². The second-order valence-electron chi connectivity index (χ2n) is 18.2. The van der Waals surface area contributed by atoms with Crippen molar-refractivity contribution >= 4 is 98.0 Å². The Balaban J connectivity index is 0.000000161. The van der Waals surface area contributed by atoms with E-state index in [-0.39, 0.29) is 77.0 Å². The van der Waals surface area contributed by atoms with Crippen LogP contribution in [0.15, 0.2) is 184 Å².